The van der Waals surface area contributed by atoms with Crippen molar-refractivity contribution in [2.75, 3.05) is 19.7 Å². The Kier molecular flexibility index (Phi) is 2.83. The minimum atomic E-state index is -0.551. The molecule has 2 aliphatic heterocycles. The summed E-state index contributed by atoms with van der Waals surface area (Å²) in [6, 6.07) is 7.47. The van der Waals surface area contributed by atoms with Gasteiger partial charge in [-0.2, -0.15) is 0 Å². The molecule has 0 spiro atoms. The molecular weight excluding hydrogens is 232 g/mol. The number of benzene rings is 1. The molecule has 5 heteroatoms. The Morgan fingerprint density at radius 1 is 1.33 bits per heavy atom. The highest BCUT2D eigenvalue weighted by Gasteiger charge is 2.33. The molecule has 0 aromatic heterocycles. The number of nitrogens with two attached hydrogens (primary N) is 1. The van der Waals surface area contributed by atoms with E-state index >= 15 is 0 Å². The third-order valence-electron chi connectivity index (χ3n) is 3.32. The summed E-state index contributed by atoms with van der Waals surface area (Å²) >= 11 is 0. The minimum Gasteiger partial charge on any atom is -0.485 e. The number of ether oxygens (including phenoxy) is 2. The summed E-state index contributed by atoms with van der Waals surface area (Å²) in [6.45, 7) is 1.59. The van der Waals surface area contributed by atoms with E-state index in [0.717, 1.165) is 6.42 Å². The zero-order valence-electron chi connectivity index (χ0n) is 10.0. The lowest BCUT2D eigenvalue weighted by atomic mass is 10.2. The SMILES string of the molecule is N[C@@H]1CCN(C(=O)[C@H]2COc3ccccc3O2)C1. The Bertz CT molecular complexity index is 463. The van der Waals surface area contributed by atoms with E-state index in [-0.39, 0.29) is 18.6 Å². The largest absolute Gasteiger partial charge is 0.485 e. The summed E-state index contributed by atoms with van der Waals surface area (Å²) in [7, 11) is 0. The van der Waals surface area contributed by atoms with Gasteiger partial charge in [-0.15, -0.1) is 0 Å². The van der Waals surface area contributed by atoms with Crippen molar-refractivity contribution >= 4 is 5.91 Å². The second-order valence-corrected chi connectivity index (χ2v) is 4.70. The van der Waals surface area contributed by atoms with Crippen LogP contribution >= 0.6 is 0 Å². The van der Waals surface area contributed by atoms with Crippen LogP contribution in [0.15, 0.2) is 24.3 Å². The fraction of sp³-hybridized carbons (Fsp3) is 0.462. The maximum Gasteiger partial charge on any atom is 0.267 e. The highest BCUT2D eigenvalue weighted by atomic mass is 16.6. The first-order valence-corrected chi connectivity index (χ1v) is 6.17. The van der Waals surface area contributed by atoms with Crippen molar-refractivity contribution in [2.45, 2.75) is 18.6 Å². The Balaban J connectivity index is 1.70. The number of para-hydroxylation sites is 2. The lowest BCUT2D eigenvalue weighted by Crippen LogP contribution is -2.46. The number of likely N-dealkylation sites (tertiary alicyclic amines) is 1. The number of nitrogens with zero attached hydrogens (tertiary/aromatic N) is 1. The molecule has 5 nitrogen and oxygen atoms in total. The highest BCUT2D eigenvalue weighted by molar-refractivity contribution is 5.82. The van der Waals surface area contributed by atoms with Crippen LogP contribution in [0.3, 0.4) is 0 Å². The van der Waals surface area contributed by atoms with Crippen molar-refractivity contribution in [3.05, 3.63) is 24.3 Å². The highest BCUT2D eigenvalue weighted by Crippen LogP contribution is 2.31. The quantitative estimate of drug-likeness (QED) is 0.780. The fourth-order valence-corrected chi connectivity index (χ4v) is 2.33. The number of rotatable bonds is 1. The first-order valence-electron chi connectivity index (χ1n) is 6.17. The summed E-state index contributed by atoms with van der Waals surface area (Å²) in [6.07, 6.45) is 0.306. The normalized spacial score (nSPS) is 26.2. The Morgan fingerprint density at radius 2 is 2.11 bits per heavy atom. The van der Waals surface area contributed by atoms with Gasteiger partial charge in [-0.3, -0.25) is 4.79 Å². The third kappa shape index (κ3) is 2.01. The molecule has 1 aromatic rings. The van der Waals surface area contributed by atoms with Crippen LogP contribution < -0.4 is 15.2 Å². The van der Waals surface area contributed by atoms with Gasteiger partial charge in [0.2, 0.25) is 6.10 Å². The standard InChI is InChI=1S/C13H16N2O3/c14-9-5-6-15(7-9)13(16)12-8-17-10-3-1-2-4-11(10)18-12/h1-4,9,12H,5-8,14H2/t9-,12-/m1/s1. The number of hydrogen-bond donors (Lipinski definition) is 1. The summed E-state index contributed by atoms with van der Waals surface area (Å²) in [4.78, 5) is 14.0. The smallest absolute Gasteiger partial charge is 0.267 e. The van der Waals surface area contributed by atoms with Gasteiger partial charge < -0.3 is 20.1 Å². The van der Waals surface area contributed by atoms with Gasteiger partial charge in [0.1, 0.15) is 6.61 Å². The Morgan fingerprint density at radius 3 is 2.83 bits per heavy atom. The van der Waals surface area contributed by atoms with E-state index in [1.54, 1.807) is 4.90 Å². The topological polar surface area (TPSA) is 64.8 Å². The van der Waals surface area contributed by atoms with E-state index in [2.05, 4.69) is 0 Å². The molecule has 0 saturated carbocycles. The maximum atomic E-state index is 12.2. The van der Waals surface area contributed by atoms with Crippen molar-refractivity contribution in [1.82, 2.24) is 4.90 Å². The molecule has 2 N–H and O–H groups in total. The molecule has 96 valence electrons. The molecule has 2 aliphatic rings. The van der Waals surface area contributed by atoms with E-state index in [1.165, 1.54) is 0 Å². The van der Waals surface area contributed by atoms with Gasteiger partial charge in [0.25, 0.3) is 5.91 Å². The van der Waals surface area contributed by atoms with Crippen LogP contribution in [0.2, 0.25) is 0 Å². The fourth-order valence-electron chi connectivity index (χ4n) is 2.33. The van der Waals surface area contributed by atoms with Crippen LogP contribution in [-0.4, -0.2) is 42.6 Å². The molecule has 18 heavy (non-hydrogen) atoms. The Labute approximate surface area is 105 Å². The van der Waals surface area contributed by atoms with Crippen LogP contribution in [0.1, 0.15) is 6.42 Å². The molecule has 1 fully saturated rings. The predicted molar refractivity (Wildman–Crippen MR) is 65.5 cm³/mol. The first-order chi connectivity index (χ1) is 8.74. The third-order valence-corrected chi connectivity index (χ3v) is 3.32. The predicted octanol–water partition coefficient (Wildman–Crippen LogP) is 0.386. The van der Waals surface area contributed by atoms with Crippen molar-refractivity contribution in [2.24, 2.45) is 5.73 Å². The molecule has 0 unspecified atom stereocenters. The van der Waals surface area contributed by atoms with Crippen molar-refractivity contribution in [3.8, 4) is 11.5 Å². The molecule has 1 aromatic carbocycles. The second kappa shape index (κ2) is 4.49. The second-order valence-electron chi connectivity index (χ2n) is 4.70. The zero-order chi connectivity index (χ0) is 12.5. The summed E-state index contributed by atoms with van der Waals surface area (Å²) < 4.78 is 11.2. The molecule has 2 atom stereocenters. The number of carbonyl (C=O) groups excluding carboxylic acids is 1. The number of amides is 1. The van der Waals surface area contributed by atoms with Gasteiger partial charge in [-0.25, -0.2) is 0 Å². The van der Waals surface area contributed by atoms with Crippen molar-refractivity contribution in [3.63, 3.8) is 0 Å². The molecule has 1 saturated heterocycles. The van der Waals surface area contributed by atoms with Gasteiger partial charge in [-0.05, 0) is 18.6 Å². The molecule has 0 aliphatic carbocycles. The van der Waals surface area contributed by atoms with Crippen LogP contribution in [0.25, 0.3) is 0 Å². The maximum absolute atomic E-state index is 12.2. The number of hydrogen-bond acceptors (Lipinski definition) is 4. The van der Waals surface area contributed by atoms with E-state index in [1.807, 2.05) is 24.3 Å². The zero-order valence-corrected chi connectivity index (χ0v) is 10.0. The van der Waals surface area contributed by atoms with Crippen molar-refractivity contribution < 1.29 is 14.3 Å². The molecule has 3 rings (SSSR count). The molecule has 0 radical (unpaired) electrons. The van der Waals surface area contributed by atoms with Crippen LogP contribution in [-0.2, 0) is 4.79 Å². The van der Waals surface area contributed by atoms with Gasteiger partial charge in [-0.1, -0.05) is 12.1 Å². The Hall–Kier alpha value is -1.75. The van der Waals surface area contributed by atoms with E-state index in [4.69, 9.17) is 15.2 Å². The van der Waals surface area contributed by atoms with Crippen molar-refractivity contribution in [1.29, 1.82) is 0 Å². The summed E-state index contributed by atoms with van der Waals surface area (Å²) in [5.41, 5.74) is 5.80. The molecule has 0 bridgehead atoms. The van der Waals surface area contributed by atoms with Crippen LogP contribution in [0, 0.1) is 0 Å². The summed E-state index contributed by atoms with van der Waals surface area (Å²) in [5, 5.41) is 0. The van der Waals surface area contributed by atoms with Crippen LogP contribution in [0.5, 0.6) is 11.5 Å². The minimum absolute atomic E-state index is 0.0301. The summed E-state index contributed by atoms with van der Waals surface area (Å²) in [5.74, 6) is 1.29. The average Bonchev–Trinajstić information content (AvgIpc) is 2.84. The monoisotopic (exact) mass is 248 g/mol. The van der Waals surface area contributed by atoms with Gasteiger partial charge in [0.05, 0.1) is 0 Å². The van der Waals surface area contributed by atoms with Gasteiger partial charge in [0, 0.05) is 19.1 Å². The number of carbonyl (C=O) groups is 1. The van der Waals surface area contributed by atoms with E-state index in [0.29, 0.717) is 24.6 Å². The van der Waals surface area contributed by atoms with Crippen LogP contribution in [0.4, 0.5) is 0 Å². The lowest BCUT2D eigenvalue weighted by molar-refractivity contribution is -0.140. The first kappa shape index (κ1) is 11.3. The number of fused-ring (bicyclic) bond motifs is 1. The van der Waals surface area contributed by atoms with E-state index in [9.17, 15) is 4.79 Å². The van der Waals surface area contributed by atoms with E-state index < -0.39 is 6.10 Å². The molecule has 2 heterocycles. The molecular formula is C13H16N2O3. The van der Waals surface area contributed by atoms with Gasteiger partial charge >= 0.3 is 0 Å². The molecule has 1 amide bonds. The average molecular weight is 248 g/mol. The van der Waals surface area contributed by atoms with Gasteiger partial charge in [0.15, 0.2) is 11.5 Å². The lowest BCUT2D eigenvalue weighted by Gasteiger charge is -2.28.